The Balaban J connectivity index is 0.000000223. The summed E-state index contributed by atoms with van der Waals surface area (Å²) < 4.78 is 0. The van der Waals surface area contributed by atoms with Gasteiger partial charge in [0.15, 0.2) is 0 Å². The molecule has 0 saturated carbocycles. The first-order valence-corrected chi connectivity index (χ1v) is 13.1. The molecule has 3 aromatic rings. The summed E-state index contributed by atoms with van der Waals surface area (Å²) in [6, 6.07) is 15.7. The summed E-state index contributed by atoms with van der Waals surface area (Å²) in [5.74, 6) is 0. The second kappa shape index (κ2) is 9.99. The van der Waals surface area contributed by atoms with Crippen molar-refractivity contribution in [2.45, 2.75) is 45.4 Å². The second-order valence-electron chi connectivity index (χ2n) is 9.99. The van der Waals surface area contributed by atoms with Crippen LogP contribution >= 0.6 is 0 Å². The molecule has 2 aromatic carbocycles. The standard InChI is InChI=1S/C26H23N.C8H9N/c1-18-6-7-20(17-27-18)9-8-19-10-11-22-13-14-24-23-5-3-2-4-21(23)12-15-25(24)26(22)16-19;1-3-8-4-2-7(1)5-6-9-8/h2,4,6-12,15-17H,3,5,13-14H2,1H3;1,3,5-6,9H,2,4H2/b9-8+;. The van der Waals surface area contributed by atoms with Crippen molar-refractivity contribution in [3.05, 3.63) is 130 Å². The number of nitrogens with one attached hydrogen (secondary N) is 1. The fourth-order valence-electron chi connectivity index (χ4n) is 5.50. The molecular formula is C34H32N2. The highest BCUT2D eigenvalue weighted by Crippen LogP contribution is 2.39. The molecule has 0 saturated heterocycles. The topological polar surface area (TPSA) is 24.9 Å². The number of allylic oxidation sites excluding steroid dienone is 6. The van der Waals surface area contributed by atoms with Crippen LogP contribution < -0.4 is 5.32 Å². The maximum absolute atomic E-state index is 4.38. The lowest BCUT2D eigenvalue weighted by atomic mass is 9.79. The van der Waals surface area contributed by atoms with E-state index in [1.807, 2.05) is 19.3 Å². The molecule has 0 spiro atoms. The minimum Gasteiger partial charge on any atom is -0.365 e. The Morgan fingerprint density at radius 1 is 0.778 bits per heavy atom. The molecule has 36 heavy (non-hydrogen) atoms. The largest absolute Gasteiger partial charge is 0.365 e. The van der Waals surface area contributed by atoms with E-state index in [9.17, 15) is 0 Å². The van der Waals surface area contributed by atoms with Gasteiger partial charge in [-0.25, -0.2) is 0 Å². The predicted octanol–water partition coefficient (Wildman–Crippen LogP) is 7.99. The van der Waals surface area contributed by atoms with E-state index in [1.165, 1.54) is 71.2 Å². The van der Waals surface area contributed by atoms with Crippen LogP contribution in [0.1, 0.15) is 58.3 Å². The van der Waals surface area contributed by atoms with Crippen molar-refractivity contribution in [1.82, 2.24) is 10.3 Å². The average molecular weight is 469 g/mol. The van der Waals surface area contributed by atoms with E-state index in [-0.39, 0.29) is 0 Å². The molecule has 3 aliphatic carbocycles. The summed E-state index contributed by atoms with van der Waals surface area (Å²) in [5, 5.41) is 3.20. The van der Waals surface area contributed by atoms with E-state index in [2.05, 4.69) is 95.3 Å². The van der Waals surface area contributed by atoms with Crippen molar-refractivity contribution in [2.24, 2.45) is 0 Å². The number of nitrogens with zero attached hydrogens (tertiary/aromatic N) is 1. The van der Waals surface area contributed by atoms with Crippen LogP contribution in [0.2, 0.25) is 0 Å². The summed E-state index contributed by atoms with van der Waals surface area (Å²) in [6.45, 7) is 2.02. The fraction of sp³-hybridized carbons (Fsp3) is 0.206. The second-order valence-corrected chi connectivity index (χ2v) is 9.99. The minimum absolute atomic E-state index is 1.05. The first-order chi connectivity index (χ1) is 17.7. The molecular weight excluding hydrogens is 436 g/mol. The Morgan fingerprint density at radius 2 is 1.69 bits per heavy atom. The van der Waals surface area contributed by atoms with E-state index < -0.39 is 0 Å². The quantitative estimate of drug-likeness (QED) is 0.412. The molecule has 0 radical (unpaired) electrons. The number of hydrogen-bond acceptors (Lipinski definition) is 2. The number of hydrogen-bond donors (Lipinski definition) is 1. The first kappa shape index (κ1) is 22.5. The highest BCUT2D eigenvalue weighted by Gasteiger charge is 2.21. The van der Waals surface area contributed by atoms with Gasteiger partial charge in [-0.1, -0.05) is 60.7 Å². The van der Waals surface area contributed by atoms with E-state index in [4.69, 9.17) is 0 Å². The molecule has 5 aliphatic rings. The number of aryl methyl sites for hydroxylation is 2. The van der Waals surface area contributed by atoms with Crippen molar-refractivity contribution in [1.29, 1.82) is 0 Å². The van der Waals surface area contributed by atoms with Crippen LogP contribution in [0, 0.1) is 6.92 Å². The van der Waals surface area contributed by atoms with Gasteiger partial charge in [-0.3, -0.25) is 4.98 Å². The zero-order valence-corrected chi connectivity index (χ0v) is 20.9. The number of pyridine rings is 1. The summed E-state index contributed by atoms with van der Waals surface area (Å²) >= 11 is 0. The Labute approximate surface area is 214 Å². The third-order valence-electron chi connectivity index (χ3n) is 7.54. The SMILES string of the molecule is C1=CC2=CC=C(CC2)N1.Cc1ccc(/C=C/c2ccc3c(c2)-c2ccc4c(c2CC3)CCC=C4)cn1. The first-order valence-electron chi connectivity index (χ1n) is 13.1. The molecule has 2 heteroatoms. The molecule has 0 fully saturated rings. The minimum atomic E-state index is 1.05. The Bertz CT molecular complexity index is 1450. The molecule has 2 bridgehead atoms. The highest BCUT2D eigenvalue weighted by atomic mass is 14.9. The average Bonchev–Trinajstić information content (AvgIpc) is 3.31. The third kappa shape index (κ3) is 4.77. The van der Waals surface area contributed by atoms with E-state index in [0.717, 1.165) is 17.7 Å². The number of rotatable bonds is 2. The van der Waals surface area contributed by atoms with Crippen molar-refractivity contribution < 1.29 is 0 Å². The van der Waals surface area contributed by atoms with Crippen LogP contribution in [0.15, 0.2) is 90.4 Å². The predicted molar refractivity (Wildman–Crippen MR) is 152 cm³/mol. The molecule has 0 amide bonds. The molecule has 178 valence electrons. The zero-order chi connectivity index (χ0) is 24.3. The van der Waals surface area contributed by atoms with Gasteiger partial charge in [0.25, 0.3) is 0 Å². The normalized spacial score (nSPS) is 16.6. The fourth-order valence-corrected chi connectivity index (χ4v) is 5.50. The lowest BCUT2D eigenvalue weighted by Gasteiger charge is -2.25. The Kier molecular flexibility index (Phi) is 6.26. The van der Waals surface area contributed by atoms with E-state index >= 15 is 0 Å². The maximum atomic E-state index is 4.38. The van der Waals surface area contributed by atoms with Gasteiger partial charge in [0.05, 0.1) is 0 Å². The number of fused-ring (bicyclic) bond motifs is 8. The van der Waals surface area contributed by atoms with Crippen molar-refractivity contribution >= 4 is 18.2 Å². The van der Waals surface area contributed by atoms with Crippen LogP contribution in [-0.4, -0.2) is 4.98 Å². The molecule has 0 unspecified atom stereocenters. The summed E-state index contributed by atoms with van der Waals surface area (Å²) in [6.07, 6.45) is 26.4. The lowest BCUT2D eigenvalue weighted by molar-refractivity contribution is 0.874. The van der Waals surface area contributed by atoms with Crippen molar-refractivity contribution in [3.63, 3.8) is 0 Å². The molecule has 2 nitrogen and oxygen atoms in total. The number of aromatic nitrogens is 1. The van der Waals surface area contributed by atoms with Crippen LogP contribution in [0.3, 0.4) is 0 Å². The molecule has 1 aromatic heterocycles. The van der Waals surface area contributed by atoms with Gasteiger partial charge < -0.3 is 5.32 Å². The monoisotopic (exact) mass is 468 g/mol. The van der Waals surface area contributed by atoms with Gasteiger partial charge in [0, 0.05) is 23.8 Å². The van der Waals surface area contributed by atoms with Gasteiger partial charge >= 0.3 is 0 Å². The zero-order valence-electron chi connectivity index (χ0n) is 20.9. The Morgan fingerprint density at radius 3 is 2.56 bits per heavy atom. The van der Waals surface area contributed by atoms with Gasteiger partial charge in [-0.15, -0.1) is 0 Å². The molecule has 1 N–H and O–H groups in total. The highest BCUT2D eigenvalue weighted by molar-refractivity contribution is 5.80. The van der Waals surface area contributed by atoms with Crippen LogP contribution in [-0.2, 0) is 19.3 Å². The van der Waals surface area contributed by atoms with E-state index in [0.29, 0.717) is 0 Å². The molecule has 3 heterocycles. The van der Waals surface area contributed by atoms with E-state index in [1.54, 1.807) is 11.1 Å². The smallest absolute Gasteiger partial charge is 0.0373 e. The Hall–Kier alpha value is -3.91. The van der Waals surface area contributed by atoms with Gasteiger partial charge in [0.1, 0.15) is 0 Å². The molecule has 8 rings (SSSR count). The van der Waals surface area contributed by atoms with Gasteiger partial charge in [-0.05, 0) is 120 Å². The van der Waals surface area contributed by atoms with Crippen LogP contribution in [0.5, 0.6) is 0 Å². The molecule has 0 atom stereocenters. The summed E-state index contributed by atoms with van der Waals surface area (Å²) in [5.41, 5.74) is 15.1. The molecule has 2 aliphatic heterocycles. The van der Waals surface area contributed by atoms with Crippen molar-refractivity contribution in [2.75, 3.05) is 0 Å². The summed E-state index contributed by atoms with van der Waals surface area (Å²) in [4.78, 5) is 4.38. The van der Waals surface area contributed by atoms with Crippen molar-refractivity contribution in [3.8, 4) is 11.1 Å². The lowest BCUT2D eigenvalue weighted by Crippen LogP contribution is -2.09. The maximum Gasteiger partial charge on any atom is 0.0373 e. The van der Waals surface area contributed by atoms with Gasteiger partial charge in [-0.2, -0.15) is 0 Å². The van der Waals surface area contributed by atoms with Crippen LogP contribution in [0.4, 0.5) is 0 Å². The van der Waals surface area contributed by atoms with Gasteiger partial charge in [0.2, 0.25) is 0 Å². The third-order valence-corrected chi connectivity index (χ3v) is 7.54. The summed E-state index contributed by atoms with van der Waals surface area (Å²) in [7, 11) is 0. The van der Waals surface area contributed by atoms with Crippen LogP contribution in [0.25, 0.3) is 29.4 Å². The number of benzene rings is 2.